The van der Waals surface area contributed by atoms with Crippen LogP contribution in [0.4, 0.5) is 0 Å². The summed E-state index contributed by atoms with van der Waals surface area (Å²) in [6.07, 6.45) is 2.30. The molecule has 1 aromatic heterocycles. The number of ether oxygens (including phenoxy) is 1. The zero-order valence-corrected chi connectivity index (χ0v) is 11.0. The number of aryl methyl sites for hydroxylation is 1. The first-order valence-corrected chi connectivity index (χ1v) is 6.73. The van der Waals surface area contributed by atoms with E-state index in [2.05, 4.69) is 10.3 Å². The third-order valence-electron chi connectivity index (χ3n) is 3.63. The molecule has 0 bridgehead atoms. The third-order valence-corrected chi connectivity index (χ3v) is 3.63. The molecule has 1 unspecified atom stereocenters. The van der Waals surface area contributed by atoms with Crippen LogP contribution in [0.25, 0.3) is 10.9 Å². The Bertz CT molecular complexity index is 597. The van der Waals surface area contributed by atoms with Crippen LogP contribution >= 0.6 is 0 Å². The number of rotatable bonds is 3. The van der Waals surface area contributed by atoms with Gasteiger partial charge >= 0.3 is 0 Å². The fourth-order valence-corrected chi connectivity index (χ4v) is 2.67. The molecule has 19 heavy (non-hydrogen) atoms. The number of carbonyl (C=O) groups excluding carboxylic acids is 1. The van der Waals surface area contributed by atoms with E-state index in [0.29, 0.717) is 6.54 Å². The highest BCUT2D eigenvalue weighted by Crippen LogP contribution is 2.21. The van der Waals surface area contributed by atoms with E-state index < -0.39 is 0 Å². The van der Waals surface area contributed by atoms with Crippen LogP contribution in [0.1, 0.15) is 28.9 Å². The van der Waals surface area contributed by atoms with E-state index in [-0.39, 0.29) is 12.0 Å². The standard InChI is InChI=1S/C15H18N2O2/c1-10-14(12-6-2-3-7-13(12)17-10)15(18)16-9-11-5-4-8-19-11/h2-3,6-7,11,17H,4-5,8-9H2,1H3,(H,16,18). The van der Waals surface area contributed by atoms with Gasteiger partial charge in [-0.1, -0.05) is 18.2 Å². The van der Waals surface area contributed by atoms with E-state index in [1.54, 1.807) is 0 Å². The molecule has 1 aliphatic rings. The lowest BCUT2D eigenvalue weighted by Crippen LogP contribution is -2.32. The van der Waals surface area contributed by atoms with Gasteiger partial charge < -0.3 is 15.0 Å². The van der Waals surface area contributed by atoms with Crippen LogP contribution < -0.4 is 5.32 Å². The second-order valence-electron chi connectivity index (χ2n) is 5.02. The van der Waals surface area contributed by atoms with E-state index in [1.807, 2.05) is 31.2 Å². The molecular formula is C15H18N2O2. The molecule has 1 aliphatic heterocycles. The molecule has 1 fully saturated rings. The highest BCUT2D eigenvalue weighted by molar-refractivity contribution is 6.08. The molecule has 1 aromatic carbocycles. The monoisotopic (exact) mass is 258 g/mol. The minimum atomic E-state index is -0.0227. The molecule has 0 radical (unpaired) electrons. The van der Waals surface area contributed by atoms with Crippen LogP contribution in [0.2, 0.25) is 0 Å². The zero-order valence-electron chi connectivity index (χ0n) is 11.0. The van der Waals surface area contributed by atoms with Crippen molar-refractivity contribution in [3.05, 3.63) is 35.5 Å². The lowest BCUT2D eigenvalue weighted by atomic mass is 10.1. The van der Waals surface area contributed by atoms with Gasteiger partial charge in [-0.3, -0.25) is 4.79 Å². The summed E-state index contributed by atoms with van der Waals surface area (Å²) >= 11 is 0. The molecule has 4 heteroatoms. The molecule has 4 nitrogen and oxygen atoms in total. The normalized spacial score (nSPS) is 18.9. The fourth-order valence-electron chi connectivity index (χ4n) is 2.67. The van der Waals surface area contributed by atoms with Crippen molar-refractivity contribution >= 4 is 16.8 Å². The van der Waals surface area contributed by atoms with Gasteiger partial charge in [0.05, 0.1) is 11.7 Å². The largest absolute Gasteiger partial charge is 0.376 e. The van der Waals surface area contributed by atoms with Crippen LogP contribution in [0.5, 0.6) is 0 Å². The van der Waals surface area contributed by atoms with Crippen molar-refractivity contribution in [2.75, 3.05) is 13.2 Å². The van der Waals surface area contributed by atoms with E-state index in [4.69, 9.17) is 4.74 Å². The number of aromatic nitrogens is 1. The summed E-state index contributed by atoms with van der Waals surface area (Å²) in [7, 11) is 0. The highest BCUT2D eigenvalue weighted by Gasteiger charge is 2.19. The van der Waals surface area contributed by atoms with Gasteiger partial charge in [0.2, 0.25) is 0 Å². The summed E-state index contributed by atoms with van der Waals surface area (Å²) in [5.41, 5.74) is 2.65. The number of hydrogen-bond donors (Lipinski definition) is 2. The Morgan fingerprint density at radius 2 is 2.32 bits per heavy atom. The Kier molecular flexibility index (Phi) is 3.25. The second kappa shape index (κ2) is 5.05. The Morgan fingerprint density at radius 3 is 3.11 bits per heavy atom. The minimum absolute atomic E-state index is 0.0227. The van der Waals surface area contributed by atoms with Gasteiger partial charge in [-0.15, -0.1) is 0 Å². The van der Waals surface area contributed by atoms with Crippen molar-refractivity contribution in [3.8, 4) is 0 Å². The number of para-hydroxylation sites is 1. The Morgan fingerprint density at radius 1 is 1.47 bits per heavy atom. The van der Waals surface area contributed by atoms with Crippen LogP contribution in [0.3, 0.4) is 0 Å². The number of fused-ring (bicyclic) bond motifs is 1. The molecule has 1 amide bonds. The maximum absolute atomic E-state index is 12.3. The molecule has 1 saturated heterocycles. The molecule has 2 heterocycles. The van der Waals surface area contributed by atoms with Gasteiger partial charge in [0.25, 0.3) is 5.91 Å². The molecule has 0 saturated carbocycles. The number of aromatic amines is 1. The van der Waals surface area contributed by atoms with Gasteiger partial charge in [0.1, 0.15) is 0 Å². The number of hydrogen-bond acceptors (Lipinski definition) is 2. The first-order valence-electron chi connectivity index (χ1n) is 6.73. The van der Waals surface area contributed by atoms with Crippen LogP contribution in [-0.2, 0) is 4.74 Å². The van der Waals surface area contributed by atoms with Crippen LogP contribution in [-0.4, -0.2) is 30.1 Å². The first kappa shape index (κ1) is 12.2. The average molecular weight is 258 g/mol. The molecule has 0 spiro atoms. The summed E-state index contributed by atoms with van der Waals surface area (Å²) in [5, 5.41) is 3.95. The van der Waals surface area contributed by atoms with Crippen molar-refractivity contribution in [1.29, 1.82) is 0 Å². The predicted octanol–water partition coefficient (Wildman–Crippen LogP) is 2.39. The van der Waals surface area contributed by atoms with Gasteiger partial charge in [-0.25, -0.2) is 0 Å². The van der Waals surface area contributed by atoms with Crippen molar-refractivity contribution in [3.63, 3.8) is 0 Å². The Balaban J connectivity index is 1.79. The third kappa shape index (κ3) is 2.36. The van der Waals surface area contributed by atoms with E-state index in [0.717, 1.165) is 41.6 Å². The Hall–Kier alpha value is -1.81. The average Bonchev–Trinajstić information content (AvgIpc) is 3.02. The SMILES string of the molecule is Cc1[nH]c2ccccc2c1C(=O)NCC1CCCO1. The molecule has 2 aromatic rings. The zero-order chi connectivity index (χ0) is 13.2. The smallest absolute Gasteiger partial charge is 0.253 e. The fraction of sp³-hybridized carbons (Fsp3) is 0.400. The van der Waals surface area contributed by atoms with E-state index >= 15 is 0 Å². The minimum Gasteiger partial charge on any atom is -0.376 e. The quantitative estimate of drug-likeness (QED) is 0.888. The van der Waals surface area contributed by atoms with Crippen LogP contribution in [0.15, 0.2) is 24.3 Å². The summed E-state index contributed by atoms with van der Waals surface area (Å²) in [5.74, 6) is -0.0227. The number of carbonyl (C=O) groups is 1. The topological polar surface area (TPSA) is 54.1 Å². The Labute approximate surface area is 112 Å². The van der Waals surface area contributed by atoms with Crippen molar-refractivity contribution < 1.29 is 9.53 Å². The van der Waals surface area contributed by atoms with Crippen molar-refractivity contribution in [2.24, 2.45) is 0 Å². The lowest BCUT2D eigenvalue weighted by Gasteiger charge is -2.10. The van der Waals surface area contributed by atoms with Crippen molar-refractivity contribution in [1.82, 2.24) is 10.3 Å². The second-order valence-corrected chi connectivity index (χ2v) is 5.02. The number of H-pyrrole nitrogens is 1. The number of nitrogens with one attached hydrogen (secondary N) is 2. The molecule has 3 rings (SSSR count). The van der Waals surface area contributed by atoms with Gasteiger partial charge in [-0.2, -0.15) is 0 Å². The van der Waals surface area contributed by atoms with E-state index in [1.165, 1.54) is 0 Å². The summed E-state index contributed by atoms with van der Waals surface area (Å²) in [6, 6.07) is 7.87. The number of amides is 1. The molecule has 0 aliphatic carbocycles. The summed E-state index contributed by atoms with van der Waals surface area (Å²) in [4.78, 5) is 15.6. The molecule has 100 valence electrons. The lowest BCUT2D eigenvalue weighted by molar-refractivity contribution is 0.0858. The van der Waals surface area contributed by atoms with Crippen LogP contribution in [0, 0.1) is 6.92 Å². The van der Waals surface area contributed by atoms with Gasteiger partial charge in [-0.05, 0) is 25.8 Å². The first-order chi connectivity index (χ1) is 9.25. The number of benzene rings is 1. The molecule has 1 atom stereocenters. The van der Waals surface area contributed by atoms with E-state index in [9.17, 15) is 4.79 Å². The maximum atomic E-state index is 12.3. The predicted molar refractivity (Wildman–Crippen MR) is 74.3 cm³/mol. The van der Waals surface area contributed by atoms with Crippen molar-refractivity contribution in [2.45, 2.75) is 25.9 Å². The summed E-state index contributed by atoms with van der Waals surface area (Å²) in [6.45, 7) is 3.34. The molecular weight excluding hydrogens is 240 g/mol. The molecule has 2 N–H and O–H groups in total. The maximum Gasteiger partial charge on any atom is 0.253 e. The highest BCUT2D eigenvalue weighted by atomic mass is 16.5. The van der Waals surface area contributed by atoms with Gasteiger partial charge in [0, 0.05) is 29.7 Å². The summed E-state index contributed by atoms with van der Waals surface area (Å²) < 4.78 is 5.52. The van der Waals surface area contributed by atoms with Gasteiger partial charge in [0.15, 0.2) is 0 Å².